The average molecular weight is 218 g/mol. The van der Waals surface area contributed by atoms with E-state index in [1.165, 1.54) is 13.0 Å². The maximum atomic E-state index is 11.0. The fourth-order valence-electron chi connectivity index (χ4n) is 1.83. The largest absolute Gasteiger partial charge is 0.315 e. The van der Waals surface area contributed by atoms with Crippen LogP contribution in [0.2, 0.25) is 0 Å². The van der Waals surface area contributed by atoms with Gasteiger partial charge in [-0.2, -0.15) is 0 Å². The second-order valence-electron chi connectivity index (χ2n) is 4.05. The minimum Gasteiger partial charge on any atom is -0.315 e. The quantitative estimate of drug-likeness (QED) is 0.743. The first-order chi connectivity index (χ1) is 6.70. The van der Waals surface area contributed by atoms with Crippen LogP contribution in [0.5, 0.6) is 0 Å². The normalized spacial score (nSPS) is 24.1. The van der Waals surface area contributed by atoms with Crippen LogP contribution in [0.25, 0.3) is 0 Å². The van der Waals surface area contributed by atoms with Gasteiger partial charge in [-0.15, -0.1) is 0 Å². The van der Waals surface area contributed by atoms with E-state index in [0.717, 1.165) is 31.8 Å². The lowest BCUT2D eigenvalue weighted by atomic mass is 10.2. The molecule has 1 N–H and O–H groups in total. The third-order valence-corrected chi connectivity index (χ3v) is 3.63. The highest BCUT2D eigenvalue weighted by molar-refractivity contribution is 7.84. The van der Waals surface area contributed by atoms with E-state index in [2.05, 4.69) is 17.1 Å². The Labute approximate surface area is 89.7 Å². The van der Waals surface area contributed by atoms with E-state index in [9.17, 15) is 4.21 Å². The summed E-state index contributed by atoms with van der Waals surface area (Å²) in [5.41, 5.74) is 0. The van der Waals surface area contributed by atoms with E-state index in [-0.39, 0.29) is 0 Å². The van der Waals surface area contributed by atoms with Crippen LogP contribution < -0.4 is 5.32 Å². The third-order valence-electron chi connectivity index (χ3n) is 2.82. The highest BCUT2D eigenvalue weighted by Crippen LogP contribution is 2.06. The molecule has 0 bridgehead atoms. The average Bonchev–Trinajstić information content (AvgIpc) is 2.42. The van der Waals surface area contributed by atoms with Crippen LogP contribution in [0.3, 0.4) is 0 Å². The number of rotatable bonds is 4. The van der Waals surface area contributed by atoms with Crippen molar-refractivity contribution in [3.05, 3.63) is 0 Å². The van der Waals surface area contributed by atoms with Crippen LogP contribution in [0.1, 0.15) is 19.8 Å². The first-order valence-corrected chi connectivity index (χ1v) is 7.17. The smallest absolute Gasteiger partial charge is 0.0246 e. The van der Waals surface area contributed by atoms with Crippen LogP contribution in [-0.2, 0) is 10.8 Å². The Morgan fingerprint density at radius 1 is 1.43 bits per heavy atom. The molecule has 0 aliphatic carbocycles. The minimum absolute atomic E-state index is 0.582. The molecule has 1 saturated heterocycles. The van der Waals surface area contributed by atoms with Gasteiger partial charge in [0.25, 0.3) is 0 Å². The van der Waals surface area contributed by atoms with Crippen molar-refractivity contribution in [3.63, 3.8) is 0 Å². The standard InChI is InChI=1S/C10H22N2OS/c1-10(4-9-14(2)13)12-7-3-5-11-6-8-12/h10-11H,3-9H2,1-2H3. The first kappa shape index (κ1) is 12.1. The Hall–Kier alpha value is 0.0700. The fraction of sp³-hybridized carbons (Fsp3) is 1.00. The van der Waals surface area contributed by atoms with E-state index >= 15 is 0 Å². The molecule has 0 spiro atoms. The fourth-order valence-corrected chi connectivity index (χ4v) is 2.50. The summed E-state index contributed by atoms with van der Waals surface area (Å²) in [5.74, 6) is 0.838. The number of nitrogens with zero attached hydrogens (tertiary/aromatic N) is 1. The van der Waals surface area contributed by atoms with Crippen LogP contribution in [0, 0.1) is 0 Å². The zero-order valence-electron chi connectivity index (χ0n) is 9.29. The third kappa shape index (κ3) is 4.53. The molecule has 0 aromatic rings. The lowest BCUT2D eigenvalue weighted by Crippen LogP contribution is -2.36. The number of nitrogens with one attached hydrogen (secondary N) is 1. The van der Waals surface area contributed by atoms with Crippen molar-refractivity contribution in [2.75, 3.05) is 38.2 Å². The van der Waals surface area contributed by atoms with E-state index in [1.54, 1.807) is 6.26 Å². The van der Waals surface area contributed by atoms with Gasteiger partial charge in [0.1, 0.15) is 0 Å². The Morgan fingerprint density at radius 3 is 2.93 bits per heavy atom. The summed E-state index contributed by atoms with van der Waals surface area (Å²) in [7, 11) is -0.637. The van der Waals surface area contributed by atoms with Crippen LogP contribution >= 0.6 is 0 Å². The second kappa shape index (κ2) is 6.53. The van der Waals surface area contributed by atoms with Gasteiger partial charge in [0.15, 0.2) is 0 Å². The Kier molecular flexibility index (Phi) is 5.67. The van der Waals surface area contributed by atoms with Gasteiger partial charge in [-0.25, -0.2) is 0 Å². The van der Waals surface area contributed by atoms with E-state index in [1.807, 2.05) is 0 Å². The molecule has 4 heteroatoms. The van der Waals surface area contributed by atoms with Gasteiger partial charge in [-0.1, -0.05) is 0 Å². The predicted molar refractivity (Wildman–Crippen MR) is 62.1 cm³/mol. The van der Waals surface area contributed by atoms with Gasteiger partial charge in [0.05, 0.1) is 0 Å². The summed E-state index contributed by atoms with van der Waals surface area (Å²) >= 11 is 0. The van der Waals surface area contributed by atoms with Gasteiger partial charge >= 0.3 is 0 Å². The molecule has 84 valence electrons. The molecule has 0 saturated carbocycles. The topological polar surface area (TPSA) is 32.3 Å². The summed E-state index contributed by atoms with van der Waals surface area (Å²) in [6.45, 7) is 6.81. The highest BCUT2D eigenvalue weighted by Gasteiger charge is 2.15. The molecule has 1 aliphatic heterocycles. The van der Waals surface area contributed by atoms with Crippen molar-refractivity contribution < 1.29 is 4.21 Å². The molecule has 0 aromatic carbocycles. The summed E-state index contributed by atoms with van der Waals surface area (Å²) in [4.78, 5) is 2.51. The summed E-state index contributed by atoms with van der Waals surface area (Å²) in [6.07, 6.45) is 4.08. The van der Waals surface area contributed by atoms with Crippen LogP contribution in [0.15, 0.2) is 0 Å². The maximum absolute atomic E-state index is 11.0. The first-order valence-electron chi connectivity index (χ1n) is 5.45. The molecule has 1 aliphatic rings. The zero-order valence-corrected chi connectivity index (χ0v) is 10.1. The molecule has 0 amide bonds. The zero-order chi connectivity index (χ0) is 10.4. The molecular formula is C10H22N2OS. The van der Waals surface area contributed by atoms with Crippen LogP contribution in [-0.4, -0.2) is 53.3 Å². The molecule has 2 atom stereocenters. The number of hydrogen-bond donors (Lipinski definition) is 1. The Morgan fingerprint density at radius 2 is 2.21 bits per heavy atom. The lowest BCUT2D eigenvalue weighted by molar-refractivity contribution is 0.219. The van der Waals surface area contributed by atoms with Crippen molar-refractivity contribution >= 4 is 10.8 Å². The second-order valence-corrected chi connectivity index (χ2v) is 5.61. The van der Waals surface area contributed by atoms with E-state index in [4.69, 9.17) is 0 Å². The van der Waals surface area contributed by atoms with Gasteiger partial charge in [0.2, 0.25) is 0 Å². The van der Waals surface area contributed by atoms with Crippen molar-refractivity contribution in [3.8, 4) is 0 Å². The predicted octanol–water partition coefficient (Wildman–Crippen LogP) is 0.439. The molecule has 3 nitrogen and oxygen atoms in total. The molecule has 1 rings (SSSR count). The van der Waals surface area contributed by atoms with E-state index in [0.29, 0.717) is 6.04 Å². The maximum Gasteiger partial charge on any atom is 0.0246 e. The molecule has 2 unspecified atom stereocenters. The molecule has 14 heavy (non-hydrogen) atoms. The number of hydrogen-bond acceptors (Lipinski definition) is 3. The monoisotopic (exact) mass is 218 g/mol. The Balaban J connectivity index is 2.26. The highest BCUT2D eigenvalue weighted by atomic mass is 32.2. The molecule has 1 heterocycles. The van der Waals surface area contributed by atoms with Gasteiger partial charge < -0.3 is 5.32 Å². The van der Waals surface area contributed by atoms with Crippen molar-refractivity contribution in [2.24, 2.45) is 0 Å². The minimum atomic E-state index is -0.637. The van der Waals surface area contributed by atoms with Crippen molar-refractivity contribution in [1.82, 2.24) is 10.2 Å². The van der Waals surface area contributed by atoms with Crippen molar-refractivity contribution in [2.45, 2.75) is 25.8 Å². The van der Waals surface area contributed by atoms with Crippen LogP contribution in [0.4, 0.5) is 0 Å². The van der Waals surface area contributed by atoms with Gasteiger partial charge in [-0.3, -0.25) is 9.11 Å². The molecule has 1 fully saturated rings. The molecule has 0 aromatic heterocycles. The summed E-state index contributed by atoms with van der Waals surface area (Å²) < 4.78 is 11.0. The van der Waals surface area contributed by atoms with E-state index < -0.39 is 10.8 Å². The van der Waals surface area contributed by atoms with Gasteiger partial charge in [-0.05, 0) is 32.9 Å². The molecular weight excluding hydrogens is 196 g/mol. The SMILES string of the molecule is CC(CCS(C)=O)N1CCCNCC1. The summed E-state index contributed by atoms with van der Waals surface area (Å²) in [6, 6.07) is 0.582. The summed E-state index contributed by atoms with van der Waals surface area (Å²) in [5, 5.41) is 3.40. The Bertz CT molecular complexity index is 179. The van der Waals surface area contributed by atoms with Gasteiger partial charge in [0, 0.05) is 41.9 Å². The lowest BCUT2D eigenvalue weighted by Gasteiger charge is -2.26. The van der Waals surface area contributed by atoms with Crippen molar-refractivity contribution in [1.29, 1.82) is 0 Å². The molecule has 0 radical (unpaired) electrons.